The van der Waals surface area contributed by atoms with E-state index in [-0.39, 0.29) is 5.78 Å². The van der Waals surface area contributed by atoms with Crippen LogP contribution < -0.4 is 4.74 Å². The quantitative estimate of drug-likeness (QED) is 0.758. The summed E-state index contributed by atoms with van der Waals surface area (Å²) in [4.78, 5) is 15.8. The molecule has 4 nitrogen and oxygen atoms in total. The molecule has 18 heavy (non-hydrogen) atoms. The second kappa shape index (κ2) is 5.49. The lowest BCUT2D eigenvalue weighted by atomic mass is 10.2. The monoisotopic (exact) mass is 244 g/mol. The first kappa shape index (κ1) is 12.4. The van der Waals surface area contributed by atoms with E-state index in [0.717, 1.165) is 11.3 Å². The Labute approximate surface area is 106 Å². The highest BCUT2D eigenvalue weighted by atomic mass is 16.5. The highest BCUT2D eigenvalue weighted by Gasteiger charge is 2.10. The second-order valence-electron chi connectivity index (χ2n) is 4.20. The van der Waals surface area contributed by atoms with Gasteiger partial charge in [-0.15, -0.1) is 0 Å². The Hall–Kier alpha value is -2.10. The lowest BCUT2D eigenvalue weighted by Gasteiger charge is -2.06. The van der Waals surface area contributed by atoms with Crippen LogP contribution in [0.15, 0.2) is 36.7 Å². The predicted molar refractivity (Wildman–Crippen MR) is 68.8 cm³/mol. The van der Waals surface area contributed by atoms with Crippen molar-refractivity contribution in [1.29, 1.82) is 0 Å². The van der Waals surface area contributed by atoms with Crippen molar-refractivity contribution in [3.63, 3.8) is 0 Å². The summed E-state index contributed by atoms with van der Waals surface area (Å²) in [5, 5.41) is 0. The Balaban J connectivity index is 1.86. The van der Waals surface area contributed by atoms with Gasteiger partial charge in [-0.2, -0.15) is 0 Å². The first-order valence-corrected chi connectivity index (χ1v) is 5.87. The molecule has 94 valence electrons. The van der Waals surface area contributed by atoms with Gasteiger partial charge in [0.1, 0.15) is 5.75 Å². The van der Waals surface area contributed by atoms with Crippen LogP contribution in [0.1, 0.15) is 22.6 Å². The summed E-state index contributed by atoms with van der Waals surface area (Å²) in [5.74, 6) is 1.26. The zero-order valence-electron chi connectivity index (χ0n) is 10.6. The molecule has 1 aromatic carbocycles. The van der Waals surface area contributed by atoms with E-state index in [9.17, 15) is 4.79 Å². The smallest absolute Gasteiger partial charge is 0.201 e. The summed E-state index contributed by atoms with van der Waals surface area (Å²) >= 11 is 0. The number of nitrogens with zero attached hydrogens (tertiary/aromatic N) is 2. The molecule has 0 saturated carbocycles. The molecule has 0 aliphatic heterocycles. The SMILES string of the molecule is Cc1cccc(OCCC(=O)c2nccn2C)c1. The molecule has 1 aromatic heterocycles. The minimum absolute atomic E-state index is 0.00449. The van der Waals surface area contributed by atoms with Gasteiger partial charge in [-0.25, -0.2) is 4.98 Å². The van der Waals surface area contributed by atoms with E-state index in [2.05, 4.69) is 4.98 Å². The second-order valence-corrected chi connectivity index (χ2v) is 4.20. The molecule has 4 heteroatoms. The maximum atomic E-state index is 11.8. The average molecular weight is 244 g/mol. The van der Waals surface area contributed by atoms with Gasteiger partial charge < -0.3 is 9.30 Å². The molecule has 0 saturated heterocycles. The number of aromatic nitrogens is 2. The van der Waals surface area contributed by atoms with Gasteiger partial charge >= 0.3 is 0 Å². The largest absolute Gasteiger partial charge is 0.493 e. The van der Waals surface area contributed by atoms with Crippen LogP contribution in [-0.2, 0) is 7.05 Å². The molecule has 0 aliphatic rings. The van der Waals surface area contributed by atoms with Crippen molar-refractivity contribution in [2.75, 3.05) is 6.61 Å². The number of hydrogen-bond donors (Lipinski definition) is 0. The van der Waals surface area contributed by atoms with Crippen LogP contribution in [0.3, 0.4) is 0 Å². The minimum Gasteiger partial charge on any atom is -0.493 e. The third-order valence-electron chi connectivity index (χ3n) is 2.66. The normalized spacial score (nSPS) is 10.3. The van der Waals surface area contributed by atoms with E-state index in [1.807, 2.05) is 38.2 Å². The number of carbonyl (C=O) groups excluding carboxylic acids is 1. The van der Waals surface area contributed by atoms with Gasteiger partial charge in [-0.05, 0) is 24.6 Å². The predicted octanol–water partition coefficient (Wildman–Crippen LogP) is 2.38. The third kappa shape index (κ3) is 2.97. The van der Waals surface area contributed by atoms with E-state index in [1.54, 1.807) is 17.0 Å². The number of benzene rings is 1. The lowest BCUT2D eigenvalue weighted by molar-refractivity contribution is 0.0949. The van der Waals surface area contributed by atoms with Crippen molar-refractivity contribution >= 4 is 5.78 Å². The fourth-order valence-corrected chi connectivity index (χ4v) is 1.71. The third-order valence-corrected chi connectivity index (χ3v) is 2.66. The van der Waals surface area contributed by atoms with Crippen LogP contribution in [0.4, 0.5) is 0 Å². The molecule has 0 amide bonds. The van der Waals surface area contributed by atoms with Gasteiger partial charge in [0.15, 0.2) is 5.82 Å². The molecule has 0 radical (unpaired) electrons. The number of ketones is 1. The Morgan fingerprint density at radius 1 is 1.44 bits per heavy atom. The number of hydrogen-bond acceptors (Lipinski definition) is 3. The van der Waals surface area contributed by atoms with E-state index in [4.69, 9.17) is 4.74 Å². The van der Waals surface area contributed by atoms with Gasteiger partial charge in [-0.1, -0.05) is 12.1 Å². The first-order valence-electron chi connectivity index (χ1n) is 5.87. The van der Waals surface area contributed by atoms with Gasteiger partial charge in [0, 0.05) is 25.9 Å². The van der Waals surface area contributed by atoms with Gasteiger partial charge in [0.2, 0.25) is 5.78 Å². The number of carbonyl (C=O) groups is 1. The van der Waals surface area contributed by atoms with Gasteiger partial charge in [0.05, 0.1) is 6.61 Å². The van der Waals surface area contributed by atoms with E-state index >= 15 is 0 Å². The van der Waals surface area contributed by atoms with Crippen molar-refractivity contribution in [3.05, 3.63) is 48.0 Å². The van der Waals surface area contributed by atoms with Crippen LogP contribution in [0.25, 0.3) is 0 Å². The maximum Gasteiger partial charge on any atom is 0.201 e. The van der Waals surface area contributed by atoms with Crippen LogP contribution in [0.5, 0.6) is 5.75 Å². The molecule has 1 heterocycles. The fraction of sp³-hybridized carbons (Fsp3) is 0.286. The molecule has 0 atom stereocenters. The summed E-state index contributed by atoms with van der Waals surface area (Å²) in [6.45, 7) is 2.38. The fourth-order valence-electron chi connectivity index (χ4n) is 1.71. The molecule has 2 aromatic rings. The molecular weight excluding hydrogens is 228 g/mol. The van der Waals surface area contributed by atoms with Crippen LogP contribution in [0, 0.1) is 6.92 Å². The number of aryl methyl sites for hydroxylation is 2. The summed E-state index contributed by atoms with van der Waals surface area (Å²) in [5.41, 5.74) is 1.14. The topological polar surface area (TPSA) is 44.1 Å². The van der Waals surface area contributed by atoms with Crippen molar-refractivity contribution in [3.8, 4) is 5.75 Å². The number of rotatable bonds is 5. The highest BCUT2D eigenvalue weighted by Crippen LogP contribution is 2.12. The Bertz CT molecular complexity index is 546. The summed E-state index contributed by atoms with van der Waals surface area (Å²) < 4.78 is 7.25. The highest BCUT2D eigenvalue weighted by molar-refractivity contribution is 5.92. The van der Waals surface area contributed by atoms with Crippen molar-refractivity contribution in [1.82, 2.24) is 9.55 Å². The molecule has 0 aliphatic carbocycles. The van der Waals surface area contributed by atoms with Crippen molar-refractivity contribution in [2.24, 2.45) is 7.05 Å². The average Bonchev–Trinajstić information content (AvgIpc) is 2.75. The summed E-state index contributed by atoms with van der Waals surface area (Å²) in [7, 11) is 1.81. The van der Waals surface area contributed by atoms with Crippen LogP contribution >= 0.6 is 0 Å². The number of Topliss-reactive ketones (excluding diaryl/α,β-unsaturated/α-hetero) is 1. The number of imidazole rings is 1. The molecule has 0 unspecified atom stereocenters. The first-order chi connectivity index (χ1) is 8.66. The Morgan fingerprint density at radius 2 is 2.28 bits per heavy atom. The van der Waals surface area contributed by atoms with Crippen molar-refractivity contribution in [2.45, 2.75) is 13.3 Å². The standard InChI is InChI=1S/C14H16N2O2/c1-11-4-3-5-12(10-11)18-9-6-13(17)14-15-7-8-16(14)2/h3-5,7-8,10H,6,9H2,1-2H3. The number of ether oxygens (including phenoxy) is 1. The van der Waals surface area contributed by atoms with Crippen LogP contribution in [-0.4, -0.2) is 21.9 Å². The maximum absolute atomic E-state index is 11.8. The van der Waals surface area contributed by atoms with Crippen LogP contribution in [0.2, 0.25) is 0 Å². The molecular formula is C14H16N2O2. The van der Waals surface area contributed by atoms with Gasteiger partial charge in [-0.3, -0.25) is 4.79 Å². The molecule has 0 N–H and O–H groups in total. The summed E-state index contributed by atoms with van der Waals surface area (Å²) in [6.07, 6.45) is 3.71. The van der Waals surface area contributed by atoms with Crippen molar-refractivity contribution < 1.29 is 9.53 Å². The lowest BCUT2D eigenvalue weighted by Crippen LogP contribution is -2.11. The minimum atomic E-state index is -0.00449. The Kier molecular flexibility index (Phi) is 3.77. The van der Waals surface area contributed by atoms with Gasteiger partial charge in [0.25, 0.3) is 0 Å². The van der Waals surface area contributed by atoms with E-state index < -0.39 is 0 Å². The molecule has 0 bridgehead atoms. The summed E-state index contributed by atoms with van der Waals surface area (Å²) in [6, 6.07) is 7.78. The Morgan fingerprint density at radius 3 is 2.94 bits per heavy atom. The molecule has 0 spiro atoms. The van der Waals surface area contributed by atoms with E-state index in [0.29, 0.717) is 18.9 Å². The van der Waals surface area contributed by atoms with E-state index in [1.165, 1.54) is 0 Å². The zero-order valence-corrected chi connectivity index (χ0v) is 10.6. The molecule has 0 fully saturated rings. The zero-order chi connectivity index (χ0) is 13.0. The molecule has 2 rings (SSSR count).